The van der Waals surface area contributed by atoms with Gasteiger partial charge in [0.2, 0.25) is 0 Å². The molecule has 0 aliphatic carbocycles. The van der Waals surface area contributed by atoms with Gasteiger partial charge in [0, 0.05) is 24.1 Å². The van der Waals surface area contributed by atoms with E-state index in [1.54, 1.807) is 0 Å². The van der Waals surface area contributed by atoms with Gasteiger partial charge in [-0.15, -0.1) is 0 Å². The van der Waals surface area contributed by atoms with Gasteiger partial charge in [0.1, 0.15) is 0 Å². The van der Waals surface area contributed by atoms with Crippen LogP contribution in [0.5, 0.6) is 0 Å². The highest BCUT2D eigenvalue weighted by Gasteiger charge is 2.06. The minimum atomic E-state index is 0.978. The smallest absolute Gasteiger partial charge is 0.0480 e. The van der Waals surface area contributed by atoms with Crippen LogP contribution in [0.3, 0.4) is 0 Å². The molecule has 0 fully saturated rings. The highest BCUT2D eigenvalue weighted by molar-refractivity contribution is 5.85. The number of rotatable bonds is 2. The van der Waals surface area contributed by atoms with E-state index in [1.807, 2.05) is 0 Å². The molecule has 0 aliphatic rings. The van der Waals surface area contributed by atoms with E-state index in [0.29, 0.717) is 0 Å². The standard InChI is InChI=1S/C20H17N/c1-21-14-18(19-8-4-5-9-20(19)21)13-15-10-11-16-6-2-3-7-17(16)12-15/h2-12,14H,13H2,1H3. The summed E-state index contributed by atoms with van der Waals surface area (Å²) < 4.78 is 2.21. The van der Waals surface area contributed by atoms with E-state index >= 15 is 0 Å². The fraction of sp³-hybridized carbons (Fsp3) is 0.100. The van der Waals surface area contributed by atoms with Crippen molar-refractivity contribution in [3.8, 4) is 0 Å². The van der Waals surface area contributed by atoms with E-state index in [1.165, 1.54) is 32.8 Å². The summed E-state index contributed by atoms with van der Waals surface area (Å²) in [5.41, 5.74) is 4.06. The lowest BCUT2D eigenvalue weighted by Crippen LogP contribution is -1.87. The first-order valence-corrected chi connectivity index (χ1v) is 7.32. The Morgan fingerprint density at radius 2 is 1.57 bits per heavy atom. The lowest BCUT2D eigenvalue weighted by atomic mass is 10.0. The molecule has 102 valence electrons. The predicted octanol–water partition coefficient (Wildman–Crippen LogP) is 4.92. The molecule has 4 rings (SSSR count). The Bertz CT molecular complexity index is 931. The molecule has 0 N–H and O–H groups in total. The minimum Gasteiger partial charge on any atom is -0.350 e. The van der Waals surface area contributed by atoms with E-state index in [2.05, 4.69) is 84.5 Å². The average molecular weight is 271 g/mol. The van der Waals surface area contributed by atoms with Gasteiger partial charge in [-0.1, -0.05) is 60.7 Å². The van der Waals surface area contributed by atoms with E-state index in [-0.39, 0.29) is 0 Å². The van der Waals surface area contributed by atoms with Crippen molar-refractivity contribution in [2.45, 2.75) is 6.42 Å². The maximum atomic E-state index is 2.30. The van der Waals surface area contributed by atoms with Crippen LogP contribution in [0.1, 0.15) is 11.1 Å². The van der Waals surface area contributed by atoms with Crippen LogP contribution in [0.25, 0.3) is 21.7 Å². The molecule has 0 saturated heterocycles. The first kappa shape index (κ1) is 12.2. The number of aromatic nitrogens is 1. The molecule has 0 spiro atoms. The van der Waals surface area contributed by atoms with Crippen LogP contribution in [0, 0.1) is 0 Å². The van der Waals surface area contributed by atoms with Crippen molar-refractivity contribution in [1.82, 2.24) is 4.57 Å². The van der Waals surface area contributed by atoms with Crippen molar-refractivity contribution in [2.75, 3.05) is 0 Å². The Kier molecular flexibility index (Phi) is 2.78. The monoisotopic (exact) mass is 271 g/mol. The molecule has 0 saturated carbocycles. The third-order valence-corrected chi connectivity index (χ3v) is 4.19. The van der Waals surface area contributed by atoms with Crippen LogP contribution in [0.4, 0.5) is 0 Å². The molecule has 0 bridgehead atoms. The lowest BCUT2D eigenvalue weighted by Gasteiger charge is -2.03. The Morgan fingerprint density at radius 1 is 0.810 bits per heavy atom. The summed E-state index contributed by atoms with van der Waals surface area (Å²) in [5, 5.41) is 3.97. The van der Waals surface area contributed by atoms with Crippen LogP contribution in [-0.2, 0) is 13.5 Å². The normalized spacial score (nSPS) is 11.3. The average Bonchev–Trinajstić information content (AvgIpc) is 2.84. The molecule has 3 aromatic carbocycles. The summed E-state index contributed by atoms with van der Waals surface area (Å²) in [6, 6.07) is 23.9. The third kappa shape index (κ3) is 2.11. The molecule has 0 aliphatic heterocycles. The van der Waals surface area contributed by atoms with Crippen LogP contribution in [0.15, 0.2) is 72.9 Å². The van der Waals surface area contributed by atoms with Crippen molar-refractivity contribution < 1.29 is 0 Å². The second-order valence-corrected chi connectivity index (χ2v) is 5.64. The van der Waals surface area contributed by atoms with Crippen molar-refractivity contribution in [3.05, 3.63) is 84.1 Å². The fourth-order valence-corrected chi connectivity index (χ4v) is 3.14. The van der Waals surface area contributed by atoms with Gasteiger partial charge < -0.3 is 4.57 Å². The highest BCUT2D eigenvalue weighted by Crippen LogP contribution is 2.24. The van der Waals surface area contributed by atoms with Crippen LogP contribution < -0.4 is 0 Å². The third-order valence-electron chi connectivity index (χ3n) is 4.19. The van der Waals surface area contributed by atoms with E-state index in [9.17, 15) is 0 Å². The maximum absolute atomic E-state index is 2.30. The maximum Gasteiger partial charge on any atom is 0.0480 e. The van der Waals surface area contributed by atoms with Crippen molar-refractivity contribution in [1.29, 1.82) is 0 Å². The zero-order valence-electron chi connectivity index (χ0n) is 12.1. The molecule has 0 amide bonds. The summed E-state index contributed by atoms with van der Waals surface area (Å²) in [6.07, 6.45) is 3.23. The number of nitrogens with zero attached hydrogens (tertiary/aromatic N) is 1. The van der Waals surface area contributed by atoms with Gasteiger partial charge in [-0.25, -0.2) is 0 Å². The summed E-state index contributed by atoms with van der Waals surface area (Å²) in [4.78, 5) is 0. The molecule has 0 unspecified atom stereocenters. The van der Waals surface area contributed by atoms with Crippen LogP contribution in [-0.4, -0.2) is 4.57 Å². The van der Waals surface area contributed by atoms with Gasteiger partial charge in [0.05, 0.1) is 0 Å². The van der Waals surface area contributed by atoms with Gasteiger partial charge in [0.15, 0.2) is 0 Å². The number of fused-ring (bicyclic) bond motifs is 2. The van der Waals surface area contributed by atoms with Gasteiger partial charge in [-0.3, -0.25) is 0 Å². The molecular formula is C20H17N. The molecule has 0 atom stereocenters. The largest absolute Gasteiger partial charge is 0.350 e. The zero-order valence-corrected chi connectivity index (χ0v) is 12.1. The molecule has 1 aromatic heterocycles. The first-order chi connectivity index (χ1) is 10.3. The van der Waals surface area contributed by atoms with E-state index in [0.717, 1.165) is 6.42 Å². The molecule has 1 heterocycles. The first-order valence-electron chi connectivity index (χ1n) is 7.32. The molecule has 4 aromatic rings. The number of hydrogen-bond donors (Lipinski definition) is 0. The number of aryl methyl sites for hydroxylation is 1. The fourth-order valence-electron chi connectivity index (χ4n) is 3.14. The second-order valence-electron chi connectivity index (χ2n) is 5.64. The van der Waals surface area contributed by atoms with E-state index in [4.69, 9.17) is 0 Å². The molecule has 1 nitrogen and oxygen atoms in total. The molecule has 21 heavy (non-hydrogen) atoms. The Balaban J connectivity index is 1.79. The van der Waals surface area contributed by atoms with Crippen molar-refractivity contribution in [2.24, 2.45) is 7.05 Å². The Morgan fingerprint density at radius 3 is 2.48 bits per heavy atom. The lowest BCUT2D eigenvalue weighted by molar-refractivity contribution is 0.958. The topological polar surface area (TPSA) is 4.93 Å². The van der Waals surface area contributed by atoms with Gasteiger partial charge in [-0.2, -0.15) is 0 Å². The summed E-state index contributed by atoms with van der Waals surface area (Å²) in [6.45, 7) is 0. The van der Waals surface area contributed by atoms with Crippen LogP contribution >= 0.6 is 0 Å². The van der Waals surface area contributed by atoms with Crippen molar-refractivity contribution in [3.63, 3.8) is 0 Å². The number of benzene rings is 3. The minimum absolute atomic E-state index is 0.978. The Hall–Kier alpha value is -2.54. The SMILES string of the molecule is Cn1cc(Cc2ccc3ccccc3c2)c2ccccc21. The van der Waals surface area contributed by atoms with Crippen molar-refractivity contribution >= 4 is 21.7 Å². The highest BCUT2D eigenvalue weighted by atomic mass is 14.9. The van der Waals surface area contributed by atoms with Gasteiger partial charge in [0.25, 0.3) is 0 Å². The quantitative estimate of drug-likeness (QED) is 0.487. The predicted molar refractivity (Wildman–Crippen MR) is 89.7 cm³/mol. The molecule has 0 radical (unpaired) electrons. The zero-order chi connectivity index (χ0) is 14.2. The Labute approximate surface area is 124 Å². The summed E-state index contributed by atoms with van der Waals surface area (Å²) in [7, 11) is 2.12. The number of para-hydroxylation sites is 1. The van der Waals surface area contributed by atoms with Gasteiger partial charge >= 0.3 is 0 Å². The summed E-state index contributed by atoms with van der Waals surface area (Å²) in [5.74, 6) is 0. The van der Waals surface area contributed by atoms with E-state index < -0.39 is 0 Å². The van der Waals surface area contributed by atoms with Gasteiger partial charge in [-0.05, 0) is 34.4 Å². The second kappa shape index (κ2) is 4.78. The molecule has 1 heteroatoms. The summed E-state index contributed by atoms with van der Waals surface area (Å²) >= 11 is 0. The molecular weight excluding hydrogens is 254 g/mol. The number of hydrogen-bond acceptors (Lipinski definition) is 0. The van der Waals surface area contributed by atoms with Crippen LogP contribution in [0.2, 0.25) is 0 Å².